The zero-order chi connectivity index (χ0) is 11.8. The molecule has 3 heteroatoms. The molecule has 0 amide bonds. The first-order chi connectivity index (χ1) is 8.25. The van der Waals surface area contributed by atoms with Crippen LogP contribution in [-0.2, 0) is 6.42 Å². The van der Waals surface area contributed by atoms with E-state index in [9.17, 15) is 5.11 Å². The SMILES string of the molecule is Cc1cccc(-n2ccc3c2CCCC3O)n1. The lowest BCUT2D eigenvalue weighted by Gasteiger charge is -2.19. The molecule has 0 saturated heterocycles. The summed E-state index contributed by atoms with van der Waals surface area (Å²) in [6, 6.07) is 8.04. The van der Waals surface area contributed by atoms with Gasteiger partial charge in [-0.15, -0.1) is 0 Å². The van der Waals surface area contributed by atoms with E-state index in [0.717, 1.165) is 36.3 Å². The molecule has 0 radical (unpaired) electrons. The van der Waals surface area contributed by atoms with E-state index in [0.29, 0.717) is 0 Å². The number of rotatable bonds is 1. The molecule has 3 rings (SSSR count). The number of aryl methyl sites for hydroxylation is 1. The minimum Gasteiger partial charge on any atom is -0.388 e. The average Bonchev–Trinajstić information content (AvgIpc) is 2.74. The van der Waals surface area contributed by atoms with Crippen molar-refractivity contribution in [3.63, 3.8) is 0 Å². The van der Waals surface area contributed by atoms with Crippen LogP contribution in [0.2, 0.25) is 0 Å². The van der Waals surface area contributed by atoms with Crippen LogP contribution in [0.3, 0.4) is 0 Å². The maximum Gasteiger partial charge on any atom is 0.137 e. The Morgan fingerprint density at radius 2 is 2.24 bits per heavy atom. The predicted molar refractivity (Wildman–Crippen MR) is 66.2 cm³/mol. The number of aliphatic hydroxyl groups is 1. The number of fused-ring (bicyclic) bond motifs is 1. The molecule has 2 aromatic heterocycles. The molecule has 0 fully saturated rings. The maximum atomic E-state index is 9.94. The van der Waals surface area contributed by atoms with Crippen molar-refractivity contribution in [1.82, 2.24) is 9.55 Å². The van der Waals surface area contributed by atoms with E-state index in [-0.39, 0.29) is 6.10 Å². The molecule has 0 aliphatic heterocycles. The fourth-order valence-corrected chi connectivity index (χ4v) is 2.54. The molecule has 1 aliphatic carbocycles. The molecule has 3 nitrogen and oxygen atoms in total. The molecule has 0 aromatic carbocycles. The van der Waals surface area contributed by atoms with Crippen molar-refractivity contribution in [2.75, 3.05) is 0 Å². The third-order valence-electron chi connectivity index (χ3n) is 3.40. The van der Waals surface area contributed by atoms with Crippen LogP contribution < -0.4 is 0 Å². The Morgan fingerprint density at radius 3 is 3.06 bits per heavy atom. The van der Waals surface area contributed by atoms with E-state index in [4.69, 9.17) is 0 Å². The first-order valence-corrected chi connectivity index (χ1v) is 6.08. The summed E-state index contributed by atoms with van der Waals surface area (Å²) in [5.74, 6) is 0.945. The van der Waals surface area contributed by atoms with E-state index in [1.54, 1.807) is 0 Å². The quantitative estimate of drug-likeness (QED) is 0.814. The molecular weight excluding hydrogens is 212 g/mol. The van der Waals surface area contributed by atoms with Gasteiger partial charge in [-0.05, 0) is 44.4 Å². The second-order valence-electron chi connectivity index (χ2n) is 4.63. The average molecular weight is 228 g/mol. The highest BCUT2D eigenvalue weighted by Crippen LogP contribution is 2.31. The van der Waals surface area contributed by atoms with Crippen molar-refractivity contribution in [3.8, 4) is 5.82 Å². The van der Waals surface area contributed by atoms with Crippen molar-refractivity contribution in [2.45, 2.75) is 32.3 Å². The predicted octanol–water partition coefficient (Wildman–Crippen LogP) is 2.55. The first-order valence-electron chi connectivity index (χ1n) is 6.08. The molecule has 2 aromatic rings. The third-order valence-corrected chi connectivity index (χ3v) is 3.40. The lowest BCUT2D eigenvalue weighted by Crippen LogP contribution is -2.11. The minimum atomic E-state index is -0.301. The number of hydrogen-bond donors (Lipinski definition) is 1. The van der Waals surface area contributed by atoms with Gasteiger partial charge in [0.05, 0.1) is 6.10 Å². The van der Waals surface area contributed by atoms with Crippen molar-refractivity contribution in [2.24, 2.45) is 0 Å². The molecule has 88 valence electrons. The fraction of sp³-hybridized carbons (Fsp3) is 0.357. The first kappa shape index (κ1) is 10.5. The highest BCUT2D eigenvalue weighted by molar-refractivity contribution is 5.36. The van der Waals surface area contributed by atoms with Crippen molar-refractivity contribution < 1.29 is 5.11 Å². The number of pyridine rings is 1. The van der Waals surface area contributed by atoms with Crippen molar-refractivity contribution in [3.05, 3.63) is 47.4 Å². The molecule has 0 saturated carbocycles. The van der Waals surface area contributed by atoms with Gasteiger partial charge in [-0.25, -0.2) is 4.98 Å². The Bertz CT molecular complexity index is 545. The number of aromatic nitrogens is 2. The van der Waals surface area contributed by atoms with Gasteiger partial charge in [-0.3, -0.25) is 0 Å². The van der Waals surface area contributed by atoms with Crippen LogP contribution in [0.1, 0.15) is 35.9 Å². The van der Waals surface area contributed by atoms with Crippen LogP contribution in [0.5, 0.6) is 0 Å². The largest absolute Gasteiger partial charge is 0.388 e. The molecule has 0 spiro atoms. The summed E-state index contributed by atoms with van der Waals surface area (Å²) >= 11 is 0. The van der Waals surface area contributed by atoms with E-state index >= 15 is 0 Å². The van der Waals surface area contributed by atoms with E-state index in [1.807, 2.05) is 37.4 Å². The Hall–Kier alpha value is -1.61. The van der Waals surface area contributed by atoms with Crippen LogP contribution in [0, 0.1) is 6.92 Å². The van der Waals surface area contributed by atoms with Gasteiger partial charge >= 0.3 is 0 Å². The van der Waals surface area contributed by atoms with E-state index < -0.39 is 0 Å². The Morgan fingerprint density at radius 1 is 1.35 bits per heavy atom. The summed E-state index contributed by atoms with van der Waals surface area (Å²) in [4.78, 5) is 4.53. The maximum absolute atomic E-state index is 9.94. The Labute approximate surface area is 101 Å². The van der Waals surface area contributed by atoms with Crippen LogP contribution in [0.15, 0.2) is 30.5 Å². The standard InChI is InChI=1S/C14H16N2O/c1-10-4-2-7-14(15-10)16-9-8-11-12(16)5-3-6-13(11)17/h2,4,7-9,13,17H,3,5-6H2,1H3. The molecule has 1 aliphatic rings. The van der Waals surface area contributed by atoms with Gasteiger partial charge in [0.25, 0.3) is 0 Å². The zero-order valence-electron chi connectivity index (χ0n) is 9.93. The normalized spacial score (nSPS) is 19.1. The number of nitrogens with zero attached hydrogens (tertiary/aromatic N) is 2. The molecule has 1 N–H and O–H groups in total. The molecule has 1 atom stereocenters. The van der Waals surface area contributed by atoms with Gasteiger partial charge in [0.1, 0.15) is 5.82 Å². The topological polar surface area (TPSA) is 38.0 Å². The highest BCUT2D eigenvalue weighted by Gasteiger charge is 2.21. The monoisotopic (exact) mass is 228 g/mol. The van der Waals surface area contributed by atoms with Gasteiger partial charge in [-0.1, -0.05) is 6.07 Å². The molecule has 0 bridgehead atoms. The molecular formula is C14H16N2O. The van der Waals surface area contributed by atoms with Crippen LogP contribution in [0.4, 0.5) is 0 Å². The second-order valence-corrected chi connectivity index (χ2v) is 4.63. The number of hydrogen-bond acceptors (Lipinski definition) is 2. The third kappa shape index (κ3) is 1.76. The number of aliphatic hydroxyl groups excluding tert-OH is 1. The second kappa shape index (κ2) is 4.00. The van der Waals surface area contributed by atoms with Crippen LogP contribution in [0.25, 0.3) is 5.82 Å². The van der Waals surface area contributed by atoms with E-state index in [2.05, 4.69) is 9.55 Å². The van der Waals surface area contributed by atoms with Crippen LogP contribution in [-0.4, -0.2) is 14.7 Å². The van der Waals surface area contributed by atoms with Gasteiger partial charge < -0.3 is 9.67 Å². The smallest absolute Gasteiger partial charge is 0.137 e. The van der Waals surface area contributed by atoms with Crippen molar-refractivity contribution in [1.29, 1.82) is 0 Å². The Kier molecular flexibility index (Phi) is 2.48. The van der Waals surface area contributed by atoms with Crippen molar-refractivity contribution >= 4 is 0 Å². The van der Waals surface area contributed by atoms with Gasteiger partial charge in [0, 0.05) is 23.1 Å². The summed E-state index contributed by atoms with van der Waals surface area (Å²) in [7, 11) is 0. The summed E-state index contributed by atoms with van der Waals surface area (Å²) in [5, 5.41) is 9.94. The zero-order valence-corrected chi connectivity index (χ0v) is 9.93. The molecule has 17 heavy (non-hydrogen) atoms. The minimum absolute atomic E-state index is 0.301. The van der Waals surface area contributed by atoms with Gasteiger partial charge in [0.2, 0.25) is 0 Å². The summed E-state index contributed by atoms with van der Waals surface area (Å²) in [6.07, 6.45) is 4.66. The lowest BCUT2D eigenvalue weighted by molar-refractivity contribution is 0.156. The summed E-state index contributed by atoms with van der Waals surface area (Å²) in [6.45, 7) is 1.99. The summed E-state index contributed by atoms with van der Waals surface area (Å²) < 4.78 is 2.10. The fourth-order valence-electron chi connectivity index (χ4n) is 2.54. The van der Waals surface area contributed by atoms with E-state index in [1.165, 1.54) is 5.69 Å². The molecule has 2 heterocycles. The lowest BCUT2D eigenvalue weighted by atomic mass is 9.95. The van der Waals surface area contributed by atoms with Gasteiger partial charge in [-0.2, -0.15) is 0 Å². The molecule has 1 unspecified atom stereocenters. The Balaban J connectivity index is 2.10. The summed E-state index contributed by atoms with van der Waals surface area (Å²) in [5.41, 5.74) is 3.29. The highest BCUT2D eigenvalue weighted by atomic mass is 16.3. The van der Waals surface area contributed by atoms with Gasteiger partial charge in [0.15, 0.2) is 0 Å². The van der Waals surface area contributed by atoms with Crippen LogP contribution >= 0.6 is 0 Å².